The second kappa shape index (κ2) is 10.3. The monoisotopic (exact) mass is 512 g/mol. The van der Waals surface area contributed by atoms with Crippen LogP contribution in [0.3, 0.4) is 0 Å². The summed E-state index contributed by atoms with van der Waals surface area (Å²) in [7, 11) is 0. The van der Waals surface area contributed by atoms with E-state index in [0.717, 1.165) is 90.6 Å². The highest BCUT2D eigenvalue weighted by atomic mass is 16.5. The van der Waals surface area contributed by atoms with Crippen molar-refractivity contribution in [3.05, 3.63) is 53.0 Å². The quantitative estimate of drug-likeness (QED) is 0.469. The molecule has 0 spiro atoms. The normalized spacial score (nSPS) is 17.1. The van der Waals surface area contributed by atoms with Gasteiger partial charge < -0.3 is 30.3 Å². The molecule has 0 atom stereocenters. The van der Waals surface area contributed by atoms with Gasteiger partial charge in [-0.2, -0.15) is 5.26 Å². The Labute approximate surface area is 222 Å². The molecular weight excluding hydrogens is 480 g/mol. The van der Waals surface area contributed by atoms with Gasteiger partial charge in [-0.1, -0.05) is 0 Å². The fraction of sp³-hybridized carbons (Fsp3) is 0.429. The van der Waals surface area contributed by atoms with Gasteiger partial charge >= 0.3 is 0 Å². The van der Waals surface area contributed by atoms with Crippen LogP contribution in [0.1, 0.15) is 35.2 Å². The standard InChI is InChI=1S/C28H32N8O2/c1-18-25(16-31-27-26(18)30-9-13-38-27)36-10-5-20-15-32-28(34-23(20)17-36)33-21-2-3-24(19(14-21)4-8-29)35-11-6-22(37)7-12-35/h2-3,14-16,22,30,37H,4-7,9-13,17H2,1H3,(H,32,33,34). The molecule has 3 aliphatic rings. The number of piperidine rings is 1. The molecule has 3 aliphatic heterocycles. The summed E-state index contributed by atoms with van der Waals surface area (Å²) in [6, 6.07) is 8.36. The Morgan fingerprint density at radius 1 is 1.16 bits per heavy atom. The molecule has 0 amide bonds. The van der Waals surface area contributed by atoms with Crippen LogP contribution in [0.2, 0.25) is 0 Å². The van der Waals surface area contributed by atoms with Crippen molar-refractivity contribution in [3.63, 3.8) is 0 Å². The number of anilines is 5. The van der Waals surface area contributed by atoms with E-state index >= 15 is 0 Å². The van der Waals surface area contributed by atoms with Crippen LogP contribution in [0.5, 0.6) is 5.88 Å². The Morgan fingerprint density at radius 3 is 2.87 bits per heavy atom. The van der Waals surface area contributed by atoms with Gasteiger partial charge in [-0.3, -0.25) is 0 Å². The maximum absolute atomic E-state index is 9.86. The lowest BCUT2D eigenvalue weighted by Gasteiger charge is -2.33. The third kappa shape index (κ3) is 4.77. The number of hydrogen-bond donors (Lipinski definition) is 3. The lowest BCUT2D eigenvalue weighted by Crippen LogP contribution is -2.36. The zero-order chi connectivity index (χ0) is 26.1. The average Bonchev–Trinajstić information content (AvgIpc) is 2.94. The summed E-state index contributed by atoms with van der Waals surface area (Å²) in [6.45, 7) is 6.65. The van der Waals surface area contributed by atoms with Crippen LogP contribution >= 0.6 is 0 Å². The molecule has 10 nitrogen and oxygen atoms in total. The zero-order valence-corrected chi connectivity index (χ0v) is 21.6. The van der Waals surface area contributed by atoms with Crippen LogP contribution in [0, 0.1) is 18.3 Å². The minimum Gasteiger partial charge on any atom is -0.474 e. The van der Waals surface area contributed by atoms with Crippen molar-refractivity contribution < 1.29 is 9.84 Å². The number of aliphatic hydroxyl groups is 1. The Hall–Kier alpha value is -4.10. The van der Waals surface area contributed by atoms with Gasteiger partial charge in [-0.15, -0.1) is 0 Å². The SMILES string of the molecule is Cc1c(N2CCc3cnc(Nc4ccc(N5CCC(O)CC5)c(CC#N)c4)nc3C2)cnc2c1NCCO2. The van der Waals surface area contributed by atoms with E-state index in [0.29, 0.717) is 31.4 Å². The van der Waals surface area contributed by atoms with Crippen molar-refractivity contribution in [3.8, 4) is 11.9 Å². The first-order chi connectivity index (χ1) is 18.6. The number of pyridine rings is 1. The van der Waals surface area contributed by atoms with Crippen LogP contribution in [0.4, 0.5) is 28.7 Å². The third-order valence-electron chi connectivity index (χ3n) is 7.62. The van der Waals surface area contributed by atoms with E-state index in [-0.39, 0.29) is 6.10 Å². The molecule has 6 rings (SSSR count). The molecule has 0 aliphatic carbocycles. The van der Waals surface area contributed by atoms with Crippen molar-refractivity contribution in [2.75, 3.05) is 53.2 Å². The highest BCUT2D eigenvalue weighted by Crippen LogP contribution is 2.36. The molecule has 0 unspecified atom stereocenters. The summed E-state index contributed by atoms with van der Waals surface area (Å²) in [6.07, 6.45) is 6.25. The third-order valence-corrected chi connectivity index (χ3v) is 7.62. The molecule has 38 heavy (non-hydrogen) atoms. The molecule has 5 heterocycles. The predicted molar refractivity (Wildman–Crippen MR) is 146 cm³/mol. The van der Waals surface area contributed by atoms with E-state index in [1.807, 2.05) is 24.5 Å². The van der Waals surface area contributed by atoms with Gasteiger partial charge in [0.2, 0.25) is 11.8 Å². The summed E-state index contributed by atoms with van der Waals surface area (Å²) in [5.41, 5.74) is 8.22. The lowest BCUT2D eigenvalue weighted by atomic mass is 10.0. The van der Waals surface area contributed by atoms with E-state index in [1.165, 1.54) is 0 Å². The van der Waals surface area contributed by atoms with Crippen LogP contribution < -0.4 is 25.2 Å². The maximum Gasteiger partial charge on any atom is 0.237 e. The van der Waals surface area contributed by atoms with Crippen molar-refractivity contribution >= 4 is 28.7 Å². The van der Waals surface area contributed by atoms with Gasteiger partial charge in [-0.25, -0.2) is 15.0 Å². The van der Waals surface area contributed by atoms with Crippen molar-refractivity contribution in [2.24, 2.45) is 0 Å². The number of aliphatic hydroxyl groups excluding tert-OH is 1. The molecule has 1 aromatic carbocycles. The number of nitrogens with zero attached hydrogens (tertiary/aromatic N) is 6. The van der Waals surface area contributed by atoms with E-state index in [1.54, 1.807) is 0 Å². The van der Waals surface area contributed by atoms with Crippen LogP contribution in [-0.2, 0) is 19.4 Å². The molecule has 0 saturated carbocycles. The number of ether oxygens (including phenoxy) is 1. The summed E-state index contributed by atoms with van der Waals surface area (Å²) in [5, 5.41) is 26.1. The number of nitrogens with one attached hydrogen (secondary N) is 2. The van der Waals surface area contributed by atoms with Gasteiger partial charge in [0.15, 0.2) is 0 Å². The first-order valence-electron chi connectivity index (χ1n) is 13.2. The largest absolute Gasteiger partial charge is 0.474 e. The van der Waals surface area contributed by atoms with Gasteiger partial charge in [0, 0.05) is 49.3 Å². The highest BCUT2D eigenvalue weighted by Gasteiger charge is 2.24. The van der Waals surface area contributed by atoms with Crippen LogP contribution in [0.25, 0.3) is 0 Å². The average molecular weight is 513 g/mol. The molecule has 3 N–H and O–H groups in total. The van der Waals surface area contributed by atoms with Gasteiger partial charge in [0.25, 0.3) is 0 Å². The molecule has 2 aromatic heterocycles. The molecule has 3 aromatic rings. The Kier molecular flexibility index (Phi) is 6.60. The Morgan fingerprint density at radius 2 is 2.03 bits per heavy atom. The summed E-state index contributed by atoms with van der Waals surface area (Å²) in [5.74, 6) is 1.21. The van der Waals surface area contributed by atoms with Gasteiger partial charge in [0.05, 0.1) is 42.7 Å². The smallest absolute Gasteiger partial charge is 0.237 e. The number of fused-ring (bicyclic) bond motifs is 2. The maximum atomic E-state index is 9.86. The number of hydrogen-bond acceptors (Lipinski definition) is 10. The second-order valence-corrected chi connectivity index (χ2v) is 10.1. The van der Waals surface area contributed by atoms with Crippen molar-refractivity contribution in [2.45, 2.75) is 45.3 Å². The zero-order valence-electron chi connectivity index (χ0n) is 21.6. The van der Waals surface area contributed by atoms with E-state index < -0.39 is 0 Å². The summed E-state index contributed by atoms with van der Waals surface area (Å²) < 4.78 is 5.69. The first kappa shape index (κ1) is 24.2. The van der Waals surface area contributed by atoms with Crippen LogP contribution in [-0.4, -0.2) is 58.9 Å². The Bertz CT molecular complexity index is 1380. The van der Waals surface area contributed by atoms with E-state index in [9.17, 15) is 10.4 Å². The summed E-state index contributed by atoms with van der Waals surface area (Å²) >= 11 is 0. The number of rotatable bonds is 5. The molecule has 1 fully saturated rings. The molecular formula is C28H32N8O2. The second-order valence-electron chi connectivity index (χ2n) is 10.1. The van der Waals surface area contributed by atoms with Crippen molar-refractivity contribution in [1.82, 2.24) is 15.0 Å². The fourth-order valence-corrected chi connectivity index (χ4v) is 5.53. The Balaban J connectivity index is 1.21. The highest BCUT2D eigenvalue weighted by molar-refractivity contribution is 5.70. The first-order valence-corrected chi connectivity index (χ1v) is 13.2. The predicted octanol–water partition coefficient (Wildman–Crippen LogP) is 3.32. The van der Waals surface area contributed by atoms with Crippen LogP contribution in [0.15, 0.2) is 30.6 Å². The van der Waals surface area contributed by atoms with Gasteiger partial charge in [0.1, 0.15) is 12.3 Å². The number of aromatic nitrogens is 3. The molecule has 10 heteroatoms. The summed E-state index contributed by atoms with van der Waals surface area (Å²) in [4.78, 5) is 18.6. The number of nitriles is 1. The van der Waals surface area contributed by atoms with E-state index in [4.69, 9.17) is 9.72 Å². The fourth-order valence-electron chi connectivity index (χ4n) is 5.53. The molecule has 1 saturated heterocycles. The number of benzene rings is 1. The van der Waals surface area contributed by atoms with Crippen molar-refractivity contribution in [1.29, 1.82) is 5.26 Å². The van der Waals surface area contributed by atoms with E-state index in [2.05, 4.69) is 49.5 Å². The molecule has 196 valence electrons. The minimum absolute atomic E-state index is 0.234. The molecule has 0 bridgehead atoms. The minimum atomic E-state index is -0.234. The van der Waals surface area contributed by atoms with Gasteiger partial charge in [-0.05, 0) is 55.5 Å². The lowest BCUT2D eigenvalue weighted by molar-refractivity contribution is 0.145. The topological polar surface area (TPSA) is 122 Å². The molecule has 0 radical (unpaired) electrons.